The molecule has 0 bridgehead atoms. The molecule has 3 N–H and O–H groups in total. The number of aromatic nitrogens is 2. The van der Waals surface area contributed by atoms with Crippen molar-refractivity contribution in [2.24, 2.45) is 11.3 Å². The molecule has 31 heavy (non-hydrogen) atoms. The molecule has 0 aliphatic heterocycles. The van der Waals surface area contributed by atoms with Crippen molar-refractivity contribution >= 4 is 17.4 Å². The summed E-state index contributed by atoms with van der Waals surface area (Å²) >= 11 is 0. The van der Waals surface area contributed by atoms with E-state index in [1.54, 1.807) is 42.8 Å². The van der Waals surface area contributed by atoms with Gasteiger partial charge in [0.2, 0.25) is 17.6 Å². The van der Waals surface area contributed by atoms with E-state index in [1.165, 1.54) is 32.1 Å². The van der Waals surface area contributed by atoms with Gasteiger partial charge in [0, 0.05) is 17.9 Å². The van der Waals surface area contributed by atoms with E-state index in [2.05, 4.69) is 10.1 Å². The first-order valence-electron chi connectivity index (χ1n) is 11.0. The van der Waals surface area contributed by atoms with E-state index in [0.29, 0.717) is 17.3 Å². The predicted octanol–water partition coefficient (Wildman–Crippen LogP) is 4.40. The zero-order valence-corrected chi connectivity index (χ0v) is 17.9. The van der Waals surface area contributed by atoms with Crippen LogP contribution < -0.4 is 5.48 Å². The van der Waals surface area contributed by atoms with Crippen molar-refractivity contribution in [1.82, 2.24) is 15.6 Å². The number of carboxylic acid groups (broad SMARTS) is 1. The number of rotatable bonds is 9. The molecule has 8 nitrogen and oxygen atoms in total. The van der Waals surface area contributed by atoms with Crippen LogP contribution in [0, 0.1) is 11.3 Å². The summed E-state index contributed by atoms with van der Waals surface area (Å²) in [7, 11) is 0. The number of carboxylic acids is 1. The molecule has 0 aromatic carbocycles. The molecule has 8 heteroatoms. The molecule has 0 radical (unpaired) electrons. The standard InChI is InChI=1S/C23H31N3O5/c1-23(22(28)29)13-6-11-17(12-14-23)20-24-21(31-26-20)18(15-19(27)25-30)10-5-9-16-7-3-2-4-8-16/h6,11-14,16,18,30H,2-5,7-10,15H2,1H3,(H,25,27)(H,28,29). The maximum atomic E-state index is 11.8. The fourth-order valence-corrected chi connectivity index (χ4v) is 4.25. The minimum atomic E-state index is -1.11. The minimum absolute atomic E-state index is 0.0642. The molecule has 2 aliphatic carbocycles. The maximum absolute atomic E-state index is 11.8. The van der Waals surface area contributed by atoms with Gasteiger partial charge in [0.25, 0.3) is 0 Å². The Morgan fingerprint density at radius 1 is 1.29 bits per heavy atom. The van der Waals surface area contributed by atoms with Crippen molar-refractivity contribution in [1.29, 1.82) is 0 Å². The number of allylic oxidation sites excluding steroid dienone is 4. The van der Waals surface area contributed by atoms with Crippen LogP contribution in [0.3, 0.4) is 0 Å². The zero-order valence-electron chi connectivity index (χ0n) is 17.9. The molecular formula is C23H31N3O5. The number of hydroxylamine groups is 1. The van der Waals surface area contributed by atoms with Gasteiger partial charge in [-0.2, -0.15) is 4.98 Å². The van der Waals surface area contributed by atoms with Crippen molar-refractivity contribution in [2.75, 3.05) is 0 Å². The number of hydrogen-bond donors (Lipinski definition) is 3. The highest BCUT2D eigenvalue weighted by molar-refractivity contribution is 5.82. The molecule has 3 rings (SSSR count). The Labute approximate surface area is 182 Å². The van der Waals surface area contributed by atoms with Crippen LogP contribution in [0.1, 0.15) is 82.3 Å². The van der Waals surface area contributed by atoms with Crippen molar-refractivity contribution in [2.45, 2.75) is 70.6 Å². The molecule has 1 aromatic heterocycles. The van der Waals surface area contributed by atoms with Gasteiger partial charge in [-0.15, -0.1) is 0 Å². The Bertz CT molecular complexity index is 866. The van der Waals surface area contributed by atoms with Gasteiger partial charge in [-0.05, 0) is 19.3 Å². The molecule has 1 saturated carbocycles. The van der Waals surface area contributed by atoms with Crippen molar-refractivity contribution in [3.8, 4) is 0 Å². The third kappa shape index (κ3) is 6.13. The second-order valence-electron chi connectivity index (χ2n) is 8.73. The quantitative estimate of drug-likeness (QED) is 0.392. The van der Waals surface area contributed by atoms with Crippen LogP contribution in [-0.4, -0.2) is 32.3 Å². The van der Waals surface area contributed by atoms with E-state index >= 15 is 0 Å². The highest BCUT2D eigenvalue weighted by Gasteiger charge is 2.28. The van der Waals surface area contributed by atoms with Gasteiger partial charge in [-0.1, -0.05) is 80.5 Å². The molecule has 1 aromatic rings. The molecule has 168 valence electrons. The van der Waals surface area contributed by atoms with Gasteiger partial charge in [-0.3, -0.25) is 14.8 Å². The Hall–Kier alpha value is -2.74. The minimum Gasteiger partial charge on any atom is -0.480 e. The summed E-state index contributed by atoms with van der Waals surface area (Å²) in [6.07, 6.45) is 17.6. The molecule has 1 amide bonds. The van der Waals surface area contributed by atoms with Crippen LogP contribution in [0.5, 0.6) is 0 Å². The predicted molar refractivity (Wildman–Crippen MR) is 114 cm³/mol. The number of nitrogens with zero attached hydrogens (tertiary/aromatic N) is 2. The topological polar surface area (TPSA) is 126 Å². The fraction of sp³-hybridized carbons (Fsp3) is 0.565. The number of aliphatic carboxylic acids is 1. The molecule has 1 fully saturated rings. The lowest BCUT2D eigenvalue weighted by Gasteiger charge is -2.22. The monoisotopic (exact) mass is 429 g/mol. The van der Waals surface area contributed by atoms with Gasteiger partial charge in [0.05, 0.1) is 0 Å². The van der Waals surface area contributed by atoms with E-state index in [9.17, 15) is 14.7 Å². The van der Waals surface area contributed by atoms with Crippen LogP contribution in [0.25, 0.3) is 5.57 Å². The first kappa shape index (κ1) is 22.9. The molecule has 2 atom stereocenters. The summed E-state index contributed by atoms with van der Waals surface area (Å²) in [4.78, 5) is 27.8. The summed E-state index contributed by atoms with van der Waals surface area (Å²) in [6.45, 7) is 1.61. The van der Waals surface area contributed by atoms with Crippen LogP contribution in [0.2, 0.25) is 0 Å². The Morgan fingerprint density at radius 2 is 2.06 bits per heavy atom. The van der Waals surface area contributed by atoms with Crippen LogP contribution >= 0.6 is 0 Å². The van der Waals surface area contributed by atoms with Crippen molar-refractivity contribution in [3.63, 3.8) is 0 Å². The number of carbonyl (C=O) groups is 2. The highest BCUT2D eigenvalue weighted by Crippen LogP contribution is 2.32. The van der Waals surface area contributed by atoms with Crippen LogP contribution in [0.4, 0.5) is 0 Å². The number of amides is 1. The number of nitrogens with one attached hydrogen (secondary N) is 1. The normalized spacial score (nSPS) is 22.6. The number of carbonyl (C=O) groups excluding carboxylic acids is 1. The van der Waals surface area contributed by atoms with Crippen molar-refractivity contribution < 1.29 is 24.4 Å². The SMILES string of the molecule is CC1(C(=O)O)C=CC=C(c2noc(C(CCCC3CCCCC3)CC(=O)NO)n2)C=C1. The molecule has 2 aliphatic rings. The van der Waals surface area contributed by atoms with Gasteiger partial charge in [0.1, 0.15) is 5.41 Å². The smallest absolute Gasteiger partial charge is 0.317 e. The second-order valence-corrected chi connectivity index (χ2v) is 8.73. The van der Waals surface area contributed by atoms with Gasteiger partial charge < -0.3 is 9.63 Å². The number of hydrogen-bond acceptors (Lipinski definition) is 6. The average molecular weight is 430 g/mol. The maximum Gasteiger partial charge on any atom is 0.317 e. The first-order valence-corrected chi connectivity index (χ1v) is 11.0. The lowest BCUT2D eigenvalue weighted by molar-refractivity contribution is -0.142. The van der Waals surface area contributed by atoms with E-state index in [-0.39, 0.29) is 12.3 Å². The van der Waals surface area contributed by atoms with E-state index in [1.807, 2.05) is 0 Å². The summed E-state index contributed by atoms with van der Waals surface area (Å²) in [5.74, 6) is -0.284. The van der Waals surface area contributed by atoms with Crippen LogP contribution in [-0.2, 0) is 9.59 Å². The second kappa shape index (κ2) is 10.5. The third-order valence-corrected chi connectivity index (χ3v) is 6.28. The highest BCUT2D eigenvalue weighted by atomic mass is 16.5. The van der Waals surface area contributed by atoms with Gasteiger partial charge in [0.15, 0.2) is 0 Å². The van der Waals surface area contributed by atoms with Gasteiger partial charge in [-0.25, -0.2) is 5.48 Å². The van der Waals surface area contributed by atoms with E-state index < -0.39 is 17.3 Å². The Morgan fingerprint density at radius 3 is 2.77 bits per heavy atom. The van der Waals surface area contributed by atoms with Gasteiger partial charge >= 0.3 is 5.97 Å². The fourth-order valence-electron chi connectivity index (χ4n) is 4.25. The molecule has 2 unspecified atom stereocenters. The molecule has 1 heterocycles. The Kier molecular flexibility index (Phi) is 7.79. The first-order chi connectivity index (χ1) is 14.9. The summed E-state index contributed by atoms with van der Waals surface area (Å²) in [5.41, 5.74) is 1.21. The van der Waals surface area contributed by atoms with E-state index in [0.717, 1.165) is 25.2 Å². The lowest BCUT2D eigenvalue weighted by Crippen LogP contribution is -2.22. The van der Waals surface area contributed by atoms with Crippen LogP contribution in [0.15, 0.2) is 34.9 Å². The molecular weight excluding hydrogens is 398 g/mol. The Balaban J connectivity index is 1.69. The van der Waals surface area contributed by atoms with Crippen molar-refractivity contribution in [3.05, 3.63) is 42.1 Å². The largest absolute Gasteiger partial charge is 0.480 e. The summed E-state index contributed by atoms with van der Waals surface area (Å²) in [5, 5.41) is 22.4. The van der Waals surface area contributed by atoms with E-state index in [4.69, 9.17) is 9.73 Å². The molecule has 0 spiro atoms. The summed E-state index contributed by atoms with van der Waals surface area (Å²) < 4.78 is 5.47. The lowest BCUT2D eigenvalue weighted by atomic mass is 9.84. The third-order valence-electron chi connectivity index (χ3n) is 6.28. The zero-order chi connectivity index (χ0) is 22.3. The summed E-state index contributed by atoms with van der Waals surface area (Å²) in [6, 6.07) is 0. The average Bonchev–Trinajstić information content (AvgIpc) is 3.17. The molecule has 0 saturated heterocycles.